The van der Waals surface area contributed by atoms with Gasteiger partial charge in [-0.05, 0) is 44.4 Å². The predicted molar refractivity (Wildman–Crippen MR) is 93.0 cm³/mol. The monoisotopic (exact) mass is 332 g/mol. The second-order valence-electron chi connectivity index (χ2n) is 7.14. The molecular weight excluding hydrogens is 304 g/mol. The summed E-state index contributed by atoms with van der Waals surface area (Å²) in [5.74, 6) is 0.970. The summed E-state index contributed by atoms with van der Waals surface area (Å²) in [6.45, 7) is 5.31. The number of carbonyl (C=O) groups is 1. The maximum atomic E-state index is 11.5. The van der Waals surface area contributed by atoms with E-state index in [2.05, 4.69) is 4.90 Å². The quantitative estimate of drug-likeness (QED) is 0.915. The Morgan fingerprint density at radius 1 is 1.25 bits per heavy atom. The first-order valence-corrected chi connectivity index (χ1v) is 8.96. The lowest BCUT2D eigenvalue weighted by molar-refractivity contribution is -0.131. The molecule has 0 saturated carbocycles. The van der Waals surface area contributed by atoms with Gasteiger partial charge in [0.1, 0.15) is 18.0 Å². The molecule has 1 amide bonds. The van der Waals surface area contributed by atoms with Crippen LogP contribution in [0.25, 0.3) is 0 Å². The largest absolute Gasteiger partial charge is 0.491 e. The molecule has 1 aromatic carbocycles. The third kappa shape index (κ3) is 4.28. The molecule has 2 fully saturated rings. The number of carbonyl (C=O) groups excluding carboxylic acids is 1. The summed E-state index contributed by atoms with van der Waals surface area (Å²) in [5, 5.41) is 10.9. The second kappa shape index (κ2) is 7.53. The fourth-order valence-corrected chi connectivity index (χ4v) is 3.86. The van der Waals surface area contributed by atoms with Crippen molar-refractivity contribution < 1.29 is 14.6 Å². The van der Waals surface area contributed by atoms with Crippen LogP contribution in [-0.2, 0) is 4.79 Å². The number of para-hydroxylation sites is 1. The molecule has 24 heavy (non-hydrogen) atoms. The van der Waals surface area contributed by atoms with Crippen molar-refractivity contribution in [3.8, 4) is 5.75 Å². The molecule has 0 spiro atoms. The van der Waals surface area contributed by atoms with E-state index in [4.69, 9.17) is 4.74 Å². The number of nitrogens with zero attached hydrogens (tertiary/aromatic N) is 2. The van der Waals surface area contributed by atoms with Crippen molar-refractivity contribution >= 4 is 5.91 Å². The Bertz CT molecular complexity index is 543. The number of rotatable bonds is 4. The van der Waals surface area contributed by atoms with Gasteiger partial charge in [-0.15, -0.1) is 0 Å². The van der Waals surface area contributed by atoms with E-state index < -0.39 is 5.60 Å². The molecule has 0 aromatic heterocycles. The first-order chi connectivity index (χ1) is 11.6. The lowest BCUT2D eigenvalue weighted by Crippen LogP contribution is -2.56. The van der Waals surface area contributed by atoms with Crippen LogP contribution in [-0.4, -0.2) is 65.2 Å². The van der Waals surface area contributed by atoms with Crippen LogP contribution in [0.15, 0.2) is 30.3 Å². The summed E-state index contributed by atoms with van der Waals surface area (Å²) in [4.78, 5) is 15.8. The zero-order chi connectivity index (χ0) is 17.0. The molecule has 3 rings (SSSR count). The fraction of sp³-hybridized carbons (Fsp3) is 0.632. The minimum Gasteiger partial charge on any atom is -0.491 e. The third-order valence-electron chi connectivity index (χ3n) is 5.26. The van der Waals surface area contributed by atoms with Crippen LogP contribution in [0.3, 0.4) is 0 Å². The topological polar surface area (TPSA) is 53.0 Å². The SMILES string of the molecule is CC(=O)N1CCC(N2CCCC(O)(COc3ccccc3)C2)CC1. The summed E-state index contributed by atoms with van der Waals surface area (Å²) < 4.78 is 5.80. The Morgan fingerprint density at radius 2 is 1.96 bits per heavy atom. The molecular formula is C19H28N2O3. The zero-order valence-corrected chi connectivity index (χ0v) is 14.5. The van der Waals surface area contributed by atoms with Gasteiger partial charge in [0.15, 0.2) is 0 Å². The molecule has 2 heterocycles. The average Bonchev–Trinajstić information content (AvgIpc) is 2.61. The van der Waals surface area contributed by atoms with Gasteiger partial charge < -0.3 is 14.7 Å². The van der Waals surface area contributed by atoms with Gasteiger partial charge >= 0.3 is 0 Å². The van der Waals surface area contributed by atoms with E-state index in [0.717, 1.165) is 51.1 Å². The van der Waals surface area contributed by atoms with Crippen molar-refractivity contribution in [3.05, 3.63) is 30.3 Å². The van der Waals surface area contributed by atoms with E-state index in [0.29, 0.717) is 19.2 Å². The summed E-state index contributed by atoms with van der Waals surface area (Å²) in [6, 6.07) is 10.1. The predicted octanol–water partition coefficient (Wildman–Crippen LogP) is 1.90. The van der Waals surface area contributed by atoms with Crippen LogP contribution in [0, 0.1) is 0 Å². The lowest BCUT2D eigenvalue weighted by atomic mass is 9.90. The number of piperidine rings is 2. The highest BCUT2D eigenvalue weighted by atomic mass is 16.5. The molecule has 2 aliphatic rings. The van der Waals surface area contributed by atoms with Crippen molar-refractivity contribution in [3.63, 3.8) is 0 Å². The standard InChI is InChI=1S/C19H28N2O3/c1-16(22)20-12-8-17(9-13-20)21-11-5-10-19(23,14-21)15-24-18-6-3-2-4-7-18/h2-4,6-7,17,23H,5,8-15H2,1H3. The summed E-state index contributed by atoms with van der Waals surface area (Å²) in [5.41, 5.74) is -0.786. The van der Waals surface area contributed by atoms with Gasteiger partial charge in [-0.3, -0.25) is 9.69 Å². The highest BCUT2D eigenvalue weighted by molar-refractivity contribution is 5.73. The smallest absolute Gasteiger partial charge is 0.219 e. The molecule has 5 nitrogen and oxygen atoms in total. The first kappa shape index (κ1) is 17.2. The van der Waals surface area contributed by atoms with E-state index in [-0.39, 0.29) is 5.91 Å². The molecule has 0 aliphatic carbocycles. The van der Waals surface area contributed by atoms with Gasteiger partial charge in [-0.1, -0.05) is 18.2 Å². The van der Waals surface area contributed by atoms with Crippen LogP contribution >= 0.6 is 0 Å². The first-order valence-electron chi connectivity index (χ1n) is 8.96. The number of hydrogen-bond donors (Lipinski definition) is 1. The van der Waals surface area contributed by atoms with Crippen molar-refractivity contribution in [1.82, 2.24) is 9.80 Å². The minimum absolute atomic E-state index is 0.167. The number of hydrogen-bond acceptors (Lipinski definition) is 4. The minimum atomic E-state index is -0.786. The molecule has 1 atom stereocenters. The Morgan fingerprint density at radius 3 is 2.62 bits per heavy atom. The molecule has 132 valence electrons. The van der Waals surface area contributed by atoms with Crippen LogP contribution in [0.5, 0.6) is 5.75 Å². The molecule has 2 aliphatic heterocycles. The number of β-amino-alcohol motifs (C(OH)–C–C–N with tert-alkyl or cyclic N) is 1. The van der Waals surface area contributed by atoms with Crippen LogP contribution in [0.2, 0.25) is 0 Å². The highest BCUT2D eigenvalue weighted by Crippen LogP contribution is 2.27. The zero-order valence-electron chi connectivity index (χ0n) is 14.5. The normalized spacial score (nSPS) is 26.3. The lowest BCUT2D eigenvalue weighted by Gasteiger charge is -2.45. The summed E-state index contributed by atoms with van der Waals surface area (Å²) >= 11 is 0. The second-order valence-corrected chi connectivity index (χ2v) is 7.14. The average molecular weight is 332 g/mol. The van der Waals surface area contributed by atoms with E-state index in [1.165, 1.54) is 0 Å². The van der Waals surface area contributed by atoms with Crippen LogP contribution in [0.4, 0.5) is 0 Å². The Balaban J connectivity index is 1.53. The van der Waals surface area contributed by atoms with Gasteiger partial charge in [0, 0.05) is 32.6 Å². The van der Waals surface area contributed by atoms with Crippen molar-refractivity contribution in [1.29, 1.82) is 0 Å². The molecule has 5 heteroatoms. The van der Waals surface area contributed by atoms with Crippen molar-refractivity contribution in [2.24, 2.45) is 0 Å². The van der Waals surface area contributed by atoms with E-state index >= 15 is 0 Å². The van der Waals surface area contributed by atoms with Crippen LogP contribution in [0.1, 0.15) is 32.6 Å². The van der Waals surface area contributed by atoms with Crippen LogP contribution < -0.4 is 4.74 Å². The number of ether oxygens (including phenoxy) is 1. The Kier molecular flexibility index (Phi) is 5.41. The summed E-state index contributed by atoms with van der Waals surface area (Å²) in [6.07, 6.45) is 3.76. The van der Waals surface area contributed by atoms with Gasteiger partial charge in [-0.25, -0.2) is 0 Å². The molecule has 1 N–H and O–H groups in total. The fourth-order valence-electron chi connectivity index (χ4n) is 3.86. The third-order valence-corrected chi connectivity index (χ3v) is 5.26. The van der Waals surface area contributed by atoms with E-state index in [1.807, 2.05) is 35.2 Å². The Labute approximate surface area is 144 Å². The Hall–Kier alpha value is -1.59. The number of aliphatic hydroxyl groups is 1. The maximum absolute atomic E-state index is 11.5. The van der Waals surface area contributed by atoms with E-state index in [1.54, 1.807) is 6.92 Å². The highest BCUT2D eigenvalue weighted by Gasteiger charge is 2.37. The van der Waals surface area contributed by atoms with Gasteiger partial charge in [-0.2, -0.15) is 0 Å². The molecule has 1 aromatic rings. The van der Waals surface area contributed by atoms with Crippen molar-refractivity contribution in [2.75, 3.05) is 32.8 Å². The number of amides is 1. The molecule has 0 bridgehead atoms. The maximum Gasteiger partial charge on any atom is 0.219 e. The molecule has 2 saturated heterocycles. The molecule has 1 unspecified atom stereocenters. The van der Waals surface area contributed by atoms with Gasteiger partial charge in [0.2, 0.25) is 5.91 Å². The van der Waals surface area contributed by atoms with Crippen molar-refractivity contribution in [2.45, 2.75) is 44.2 Å². The number of likely N-dealkylation sites (tertiary alicyclic amines) is 2. The van der Waals surface area contributed by atoms with E-state index in [9.17, 15) is 9.90 Å². The van der Waals surface area contributed by atoms with Gasteiger partial charge in [0.05, 0.1) is 0 Å². The molecule has 0 radical (unpaired) electrons. The number of benzene rings is 1. The van der Waals surface area contributed by atoms with Gasteiger partial charge in [0.25, 0.3) is 0 Å². The summed E-state index contributed by atoms with van der Waals surface area (Å²) in [7, 11) is 0.